The minimum Gasteiger partial charge on any atom is -0.370 e. The van der Waals surface area contributed by atoms with Crippen molar-refractivity contribution in [3.05, 3.63) is 47.8 Å². The Morgan fingerprint density at radius 1 is 1.36 bits per heavy atom. The van der Waals surface area contributed by atoms with Gasteiger partial charge in [-0.15, -0.1) is 0 Å². The number of hydrogen-bond donors (Lipinski definition) is 1. The molecule has 0 bridgehead atoms. The third-order valence-electron chi connectivity index (χ3n) is 3.97. The number of aromatic nitrogens is 2. The van der Waals surface area contributed by atoms with Crippen LogP contribution in [0.25, 0.3) is 0 Å². The van der Waals surface area contributed by atoms with Crippen molar-refractivity contribution in [2.75, 3.05) is 29.9 Å². The number of nitrogens with zero attached hydrogens (tertiary/aromatic N) is 4. The second kappa shape index (κ2) is 6.44. The smallest absolute Gasteiger partial charge is 0.128 e. The predicted octanol–water partition coefficient (Wildman–Crippen LogP) is 2.60. The highest BCUT2D eigenvalue weighted by Crippen LogP contribution is 2.22. The molecule has 0 saturated carbocycles. The molecule has 5 nitrogen and oxygen atoms in total. The maximum absolute atomic E-state index is 8.82. The molecule has 0 amide bonds. The van der Waals surface area contributed by atoms with E-state index in [0.717, 1.165) is 37.7 Å². The number of aryl methyl sites for hydroxylation is 1. The summed E-state index contributed by atoms with van der Waals surface area (Å²) in [5, 5.41) is 12.2. The number of rotatable bonds is 4. The summed E-state index contributed by atoms with van der Waals surface area (Å²) in [5.74, 6) is 2.48. The number of nitrogens with one attached hydrogen (secondary N) is 1. The predicted molar refractivity (Wildman–Crippen MR) is 86.7 cm³/mol. The van der Waals surface area contributed by atoms with Gasteiger partial charge in [-0.2, -0.15) is 5.26 Å². The van der Waals surface area contributed by atoms with Crippen LogP contribution in [0.2, 0.25) is 0 Å². The summed E-state index contributed by atoms with van der Waals surface area (Å²) in [6.45, 7) is 4.98. The van der Waals surface area contributed by atoms with Crippen molar-refractivity contribution in [2.45, 2.75) is 13.3 Å². The number of nitriles is 1. The zero-order chi connectivity index (χ0) is 15.4. The topological polar surface area (TPSA) is 64.8 Å². The molecule has 1 atom stereocenters. The highest BCUT2D eigenvalue weighted by molar-refractivity contribution is 5.43. The molecule has 2 aromatic rings. The van der Waals surface area contributed by atoms with E-state index in [1.54, 1.807) is 6.20 Å². The molecule has 1 unspecified atom stereocenters. The van der Waals surface area contributed by atoms with E-state index in [1.807, 2.05) is 24.4 Å². The van der Waals surface area contributed by atoms with Crippen LogP contribution >= 0.6 is 0 Å². The van der Waals surface area contributed by atoms with Gasteiger partial charge in [-0.25, -0.2) is 9.97 Å². The van der Waals surface area contributed by atoms with Gasteiger partial charge in [0, 0.05) is 32.0 Å². The van der Waals surface area contributed by atoms with E-state index in [9.17, 15) is 0 Å². The lowest BCUT2D eigenvalue weighted by Gasteiger charge is -2.17. The van der Waals surface area contributed by atoms with Gasteiger partial charge in [0.25, 0.3) is 0 Å². The molecule has 2 aromatic heterocycles. The van der Waals surface area contributed by atoms with E-state index in [4.69, 9.17) is 5.26 Å². The molecule has 0 aliphatic carbocycles. The molecule has 0 aromatic carbocycles. The van der Waals surface area contributed by atoms with E-state index in [1.165, 1.54) is 5.56 Å². The van der Waals surface area contributed by atoms with Crippen molar-refractivity contribution < 1.29 is 0 Å². The van der Waals surface area contributed by atoms with Crippen molar-refractivity contribution in [2.24, 2.45) is 5.92 Å². The van der Waals surface area contributed by atoms with Gasteiger partial charge in [-0.05, 0) is 49.1 Å². The summed E-state index contributed by atoms with van der Waals surface area (Å²) < 4.78 is 0. The van der Waals surface area contributed by atoms with Gasteiger partial charge in [0.05, 0.1) is 5.56 Å². The van der Waals surface area contributed by atoms with Crippen LogP contribution in [-0.2, 0) is 0 Å². The SMILES string of the molecule is Cc1ccnc(NCC2CCN(c3ccc(C#N)cn3)C2)c1. The zero-order valence-electron chi connectivity index (χ0n) is 12.7. The fraction of sp³-hybridized carbons (Fsp3) is 0.353. The molecular weight excluding hydrogens is 274 g/mol. The maximum atomic E-state index is 8.82. The van der Waals surface area contributed by atoms with Crippen LogP contribution < -0.4 is 10.2 Å². The Morgan fingerprint density at radius 3 is 3.00 bits per heavy atom. The van der Waals surface area contributed by atoms with Gasteiger partial charge in [0.1, 0.15) is 17.7 Å². The van der Waals surface area contributed by atoms with Crippen molar-refractivity contribution in [1.29, 1.82) is 5.26 Å². The first-order valence-electron chi connectivity index (χ1n) is 7.52. The largest absolute Gasteiger partial charge is 0.370 e. The first-order valence-corrected chi connectivity index (χ1v) is 7.52. The fourth-order valence-electron chi connectivity index (χ4n) is 2.73. The second-order valence-electron chi connectivity index (χ2n) is 5.72. The zero-order valence-corrected chi connectivity index (χ0v) is 12.7. The van der Waals surface area contributed by atoms with Crippen LogP contribution in [0.1, 0.15) is 17.5 Å². The third-order valence-corrected chi connectivity index (χ3v) is 3.97. The van der Waals surface area contributed by atoms with Gasteiger partial charge in [-0.1, -0.05) is 0 Å². The molecule has 112 valence electrons. The quantitative estimate of drug-likeness (QED) is 0.938. The molecule has 3 rings (SSSR count). The first-order chi connectivity index (χ1) is 10.7. The van der Waals surface area contributed by atoms with Crippen molar-refractivity contribution in [1.82, 2.24) is 9.97 Å². The normalized spacial score (nSPS) is 17.3. The summed E-state index contributed by atoms with van der Waals surface area (Å²) in [7, 11) is 0. The standard InChI is InChI=1S/C17H19N5/c1-13-4-6-19-16(8-13)20-11-15-5-7-22(12-15)17-3-2-14(9-18)10-21-17/h2-4,6,8,10,15H,5,7,11-12H2,1H3,(H,19,20). The van der Waals surface area contributed by atoms with Crippen LogP contribution in [0.15, 0.2) is 36.7 Å². The Bertz CT molecular complexity index is 674. The summed E-state index contributed by atoms with van der Waals surface area (Å²) in [4.78, 5) is 11.0. The van der Waals surface area contributed by atoms with Crippen molar-refractivity contribution >= 4 is 11.6 Å². The average molecular weight is 293 g/mol. The van der Waals surface area contributed by atoms with Gasteiger partial charge >= 0.3 is 0 Å². The van der Waals surface area contributed by atoms with Crippen molar-refractivity contribution in [3.63, 3.8) is 0 Å². The molecule has 1 fully saturated rings. The van der Waals surface area contributed by atoms with Crippen LogP contribution in [0.4, 0.5) is 11.6 Å². The molecule has 1 saturated heterocycles. The number of hydrogen-bond acceptors (Lipinski definition) is 5. The Morgan fingerprint density at radius 2 is 2.27 bits per heavy atom. The fourth-order valence-corrected chi connectivity index (χ4v) is 2.73. The molecule has 1 aliphatic heterocycles. The molecular formula is C17H19N5. The summed E-state index contributed by atoms with van der Waals surface area (Å²) in [5.41, 5.74) is 1.82. The molecule has 22 heavy (non-hydrogen) atoms. The molecule has 0 spiro atoms. The molecule has 3 heterocycles. The Labute approximate surface area is 130 Å². The summed E-state index contributed by atoms with van der Waals surface area (Å²) in [6, 6.07) is 9.91. The van der Waals surface area contributed by atoms with Crippen molar-refractivity contribution in [3.8, 4) is 6.07 Å². The highest BCUT2D eigenvalue weighted by Gasteiger charge is 2.23. The third kappa shape index (κ3) is 3.34. The van der Waals surface area contributed by atoms with Crippen LogP contribution in [0, 0.1) is 24.2 Å². The molecule has 0 radical (unpaired) electrons. The monoisotopic (exact) mass is 293 g/mol. The lowest BCUT2D eigenvalue weighted by molar-refractivity contribution is 0.621. The average Bonchev–Trinajstić information content (AvgIpc) is 3.02. The summed E-state index contributed by atoms with van der Waals surface area (Å²) in [6.07, 6.45) is 4.61. The minimum atomic E-state index is 0.583. The van der Waals surface area contributed by atoms with Crippen LogP contribution in [-0.4, -0.2) is 29.6 Å². The Hall–Kier alpha value is -2.61. The van der Waals surface area contributed by atoms with E-state index < -0.39 is 0 Å². The van der Waals surface area contributed by atoms with Gasteiger partial charge in [-0.3, -0.25) is 0 Å². The minimum absolute atomic E-state index is 0.583. The Kier molecular flexibility index (Phi) is 4.19. The number of pyridine rings is 2. The van der Waals surface area contributed by atoms with E-state index in [2.05, 4.69) is 39.2 Å². The second-order valence-corrected chi connectivity index (χ2v) is 5.72. The number of anilines is 2. The first kappa shape index (κ1) is 14.3. The molecule has 1 N–H and O–H groups in total. The van der Waals surface area contributed by atoms with Gasteiger partial charge < -0.3 is 10.2 Å². The lowest BCUT2D eigenvalue weighted by atomic mass is 10.1. The van der Waals surface area contributed by atoms with E-state index in [-0.39, 0.29) is 0 Å². The van der Waals surface area contributed by atoms with Crippen LogP contribution in [0.3, 0.4) is 0 Å². The highest BCUT2D eigenvalue weighted by atomic mass is 15.2. The Balaban J connectivity index is 1.54. The van der Waals surface area contributed by atoms with Gasteiger partial charge in [0.15, 0.2) is 0 Å². The van der Waals surface area contributed by atoms with E-state index in [0.29, 0.717) is 11.5 Å². The lowest BCUT2D eigenvalue weighted by Crippen LogP contribution is -2.23. The molecule has 5 heteroatoms. The van der Waals surface area contributed by atoms with Gasteiger partial charge in [0.2, 0.25) is 0 Å². The van der Waals surface area contributed by atoms with Crippen LogP contribution in [0.5, 0.6) is 0 Å². The molecule has 1 aliphatic rings. The van der Waals surface area contributed by atoms with E-state index >= 15 is 0 Å². The summed E-state index contributed by atoms with van der Waals surface area (Å²) >= 11 is 0. The maximum Gasteiger partial charge on any atom is 0.128 e.